The summed E-state index contributed by atoms with van der Waals surface area (Å²) in [6.45, 7) is 8.71. The van der Waals surface area contributed by atoms with Crippen LogP contribution in [0, 0.1) is 17.3 Å². The van der Waals surface area contributed by atoms with Crippen molar-refractivity contribution in [2.75, 3.05) is 6.61 Å². The number of benzene rings is 1. The maximum atomic E-state index is 13.5. The molecule has 1 heterocycles. The fourth-order valence-corrected chi connectivity index (χ4v) is 5.52. The molecule has 1 atom stereocenters. The highest BCUT2D eigenvalue weighted by Crippen LogP contribution is 2.49. The molecule has 1 aliphatic heterocycles. The first-order chi connectivity index (χ1) is 15.3. The second-order valence-electron chi connectivity index (χ2n) is 11.5. The molecule has 4 rings (SSSR count). The molecule has 2 saturated carbocycles. The molecule has 2 fully saturated rings. The number of nitrogens with one attached hydrogen (secondary N) is 1. The standard InChI is InChI=1S/C26H35ClF2N2O2/c1-24(2,3)8-7-17-5-6-19(11-22(17)27)25(4)21(18-9-16(10-18)15-32)14-31(23(33)30-25)20-12-26(28,29)13-20/h5-6,11,14,16,18,20,32H,7-10,12-13,15H2,1-4H3,(H,30,33). The molecule has 1 unspecified atom stereocenters. The number of carbonyl (C=O) groups is 1. The smallest absolute Gasteiger partial charge is 0.322 e. The number of aryl methyl sites for hydroxylation is 1. The van der Waals surface area contributed by atoms with Crippen LogP contribution >= 0.6 is 11.6 Å². The van der Waals surface area contributed by atoms with Crippen LogP contribution in [0.15, 0.2) is 30.0 Å². The lowest BCUT2D eigenvalue weighted by molar-refractivity contribution is -0.109. The Balaban J connectivity index is 1.64. The molecule has 0 bridgehead atoms. The minimum Gasteiger partial charge on any atom is -0.396 e. The number of aliphatic hydroxyl groups excluding tert-OH is 1. The van der Waals surface area contributed by atoms with Crippen molar-refractivity contribution < 1.29 is 18.7 Å². The molecule has 0 aromatic heterocycles. The molecule has 1 aromatic rings. The van der Waals surface area contributed by atoms with Gasteiger partial charge in [0.2, 0.25) is 0 Å². The quantitative estimate of drug-likeness (QED) is 0.505. The van der Waals surface area contributed by atoms with E-state index in [-0.39, 0.29) is 42.7 Å². The number of carbonyl (C=O) groups excluding carboxylic acids is 1. The topological polar surface area (TPSA) is 52.6 Å². The lowest BCUT2D eigenvalue weighted by Gasteiger charge is -2.50. The molecular formula is C26H35ClF2N2O2. The zero-order chi connectivity index (χ0) is 24.2. The Bertz CT molecular complexity index is 944. The largest absolute Gasteiger partial charge is 0.396 e. The first-order valence-corrected chi connectivity index (χ1v) is 12.3. The Morgan fingerprint density at radius 1 is 1.24 bits per heavy atom. The van der Waals surface area contributed by atoms with Gasteiger partial charge in [-0.25, -0.2) is 13.6 Å². The van der Waals surface area contributed by atoms with Gasteiger partial charge in [0.25, 0.3) is 5.92 Å². The van der Waals surface area contributed by atoms with Gasteiger partial charge in [0, 0.05) is 36.7 Å². The fraction of sp³-hybridized carbons (Fsp3) is 0.654. The summed E-state index contributed by atoms with van der Waals surface area (Å²) in [4.78, 5) is 14.5. The molecule has 0 saturated heterocycles. The molecule has 2 aliphatic carbocycles. The van der Waals surface area contributed by atoms with Crippen LogP contribution in [0.3, 0.4) is 0 Å². The number of aliphatic hydroxyl groups is 1. The third kappa shape index (κ3) is 4.93. The van der Waals surface area contributed by atoms with Crippen LogP contribution < -0.4 is 5.32 Å². The minimum absolute atomic E-state index is 0.139. The van der Waals surface area contributed by atoms with Gasteiger partial charge in [0.05, 0.1) is 5.54 Å². The molecule has 1 aromatic carbocycles. The second-order valence-corrected chi connectivity index (χ2v) is 12.0. The van der Waals surface area contributed by atoms with Crippen molar-refractivity contribution in [2.45, 2.75) is 83.7 Å². The van der Waals surface area contributed by atoms with Crippen molar-refractivity contribution in [3.8, 4) is 0 Å². The Morgan fingerprint density at radius 2 is 1.91 bits per heavy atom. The average molecular weight is 481 g/mol. The number of amides is 2. The van der Waals surface area contributed by atoms with Crippen LogP contribution in [-0.2, 0) is 12.0 Å². The van der Waals surface area contributed by atoms with Crippen LogP contribution in [0.25, 0.3) is 0 Å². The first-order valence-electron chi connectivity index (χ1n) is 11.9. The summed E-state index contributed by atoms with van der Waals surface area (Å²) in [6.07, 6.45) is 4.71. The maximum absolute atomic E-state index is 13.5. The van der Waals surface area contributed by atoms with E-state index in [9.17, 15) is 18.7 Å². The highest BCUT2D eigenvalue weighted by molar-refractivity contribution is 6.31. The summed E-state index contributed by atoms with van der Waals surface area (Å²) in [7, 11) is 0. The van der Waals surface area contributed by atoms with Crippen LogP contribution in [-0.4, -0.2) is 34.6 Å². The summed E-state index contributed by atoms with van der Waals surface area (Å²) in [5.74, 6) is -2.29. The van der Waals surface area contributed by atoms with Crippen molar-refractivity contribution in [1.82, 2.24) is 10.2 Å². The van der Waals surface area contributed by atoms with Crippen molar-refractivity contribution in [2.24, 2.45) is 17.3 Å². The number of halogens is 3. The highest BCUT2D eigenvalue weighted by atomic mass is 35.5. The van der Waals surface area contributed by atoms with E-state index in [0.717, 1.165) is 42.4 Å². The zero-order valence-electron chi connectivity index (χ0n) is 19.9. The van der Waals surface area contributed by atoms with E-state index in [1.165, 1.54) is 4.90 Å². The SMILES string of the molecule is CC(C)(C)CCc1ccc(C2(C)NC(=O)N(C3CC(F)(F)C3)C=C2C2CC(CO)C2)cc1Cl. The highest BCUT2D eigenvalue weighted by Gasteiger charge is 2.52. The predicted octanol–water partition coefficient (Wildman–Crippen LogP) is 6.26. The number of urea groups is 1. The van der Waals surface area contributed by atoms with E-state index in [4.69, 9.17) is 11.6 Å². The van der Waals surface area contributed by atoms with Gasteiger partial charge < -0.3 is 10.4 Å². The van der Waals surface area contributed by atoms with E-state index >= 15 is 0 Å². The lowest BCUT2D eigenvalue weighted by atomic mass is 9.65. The molecular weight excluding hydrogens is 446 g/mol. The van der Waals surface area contributed by atoms with Crippen LogP contribution in [0.2, 0.25) is 5.02 Å². The van der Waals surface area contributed by atoms with Gasteiger partial charge in [-0.05, 0) is 72.6 Å². The maximum Gasteiger partial charge on any atom is 0.322 e. The number of rotatable bonds is 6. The number of alkyl halides is 2. The minimum atomic E-state index is -2.70. The Hall–Kier alpha value is -1.66. The van der Waals surface area contributed by atoms with Crippen LogP contribution in [0.5, 0.6) is 0 Å². The van der Waals surface area contributed by atoms with E-state index < -0.39 is 17.5 Å². The summed E-state index contributed by atoms with van der Waals surface area (Å²) in [6, 6.07) is 5.15. The zero-order valence-corrected chi connectivity index (χ0v) is 20.7. The number of hydrogen-bond donors (Lipinski definition) is 2. The van der Waals surface area contributed by atoms with Crippen molar-refractivity contribution in [3.05, 3.63) is 46.1 Å². The van der Waals surface area contributed by atoms with Crippen molar-refractivity contribution in [3.63, 3.8) is 0 Å². The van der Waals surface area contributed by atoms with Crippen LogP contribution in [0.4, 0.5) is 13.6 Å². The normalized spacial score (nSPS) is 29.8. The molecule has 4 nitrogen and oxygen atoms in total. The molecule has 3 aliphatic rings. The van der Waals surface area contributed by atoms with E-state index in [0.29, 0.717) is 5.02 Å². The van der Waals surface area contributed by atoms with Gasteiger partial charge in [-0.1, -0.05) is 44.5 Å². The number of hydrogen-bond acceptors (Lipinski definition) is 2. The van der Waals surface area contributed by atoms with Gasteiger partial charge >= 0.3 is 6.03 Å². The van der Waals surface area contributed by atoms with Gasteiger partial charge in [-0.3, -0.25) is 4.90 Å². The lowest BCUT2D eigenvalue weighted by Crippen LogP contribution is -2.61. The molecule has 0 radical (unpaired) electrons. The number of nitrogens with zero attached hydrogens (tertiary/aromatic N) is 1. The molecule has 182 valence electrons. The molecule has 7 heteroatoms. The van der Waals surface area contributed by atoms with E-state index in [1.54, 1.807) is 6.20 Å². The van der Waals surface area contributed by atoms with E-state index in [2.05, 4.69) is 26.1 Å². The monoisotopic (exact) mass is 480 g/mol. The Labute approximate surface area is 200 Å². The van der Waals surface area contributed by atoms with Crippen molar-refractivity contribution in [1.29, 1.82) is 0 Å². The summed E-state index contributed by atoms with van der Waals surface area (Å²) in [5.41, 5.74) is 2.39. The first kappa shape index (κ1) is 24.5. The molecule has 2 amide bonds. The summed E-state index contributed by atoms with van der Waals surface area (Å²) in [5, 5.41) is 13.3. The summed E-state index contributed by atoms with van der Waals surface area (Å²) >= 11 is 6.68. The van der Waals surface area contributed by atoms with Gasteiger partial charge in [0.15, 0.2) is 0 Å². The summed E-state index contributed by atoms with van der Waals surface area (Å²) < 4.78 is 27.0. The molecule has 0 spiro atoms. The van der Waals surface area contributed by atoms with Crippen LogP contribution in [0.1, 0.15) is 70.9 Å². The van der Waals surface area contributed by atoms with Gasteiger partial charge in [-0.15, -0.1) is 0 Å². The third-order valence-corrected chi connectivity index (χ3v) is 7.97. The van der Waals surface area contributed by atoms with Gasteiger partial charge in [0.1, 0.15) is 0 Å². The third-order valence-electron chi connectivity index (χ3n) is 7.62. The Kier molecular flexibility index (Phi) is 6.32. The average Bonchev–Trinajstić information content (AvgIpc) is 2.65. The Morgan fingerprint density at radius 3 is 2.45 bits per heavy atom. The fourth-order valence-electron chi connectivity index (χ4n) is 5.25. The van der Waals surface area contributed by atoms with Gasteiger partial charge in [-0.2, -0.15) is 0 Å². The van der Waals surface area contributed by atoms with E-state index in [1.807, 2.05) is 25.1 Å². The van der Waals surface area contributed by atoms with Crippen molar-refractivity contribution >= 4 is 17.6 Å². The predicted molar refractivity (Wildman–Crippen MR) is 126 cm³/mol. The second kappa shape index (κ2) is 8.53. The molecule has 2 N–H and O–H groups in total. The molecule has 33 heavy (non-hydrogen) atoms.